The Morgan fingerprint density at radius 2 is 2.29 bits per heavy atom. The van der Waals surface area contributed by atoms with E-state index in [4.69, 9.17) is 16.7 Å². The highest BCUT2D eigenvalue weighted by molar-refractivity contribution is 6.25. The number of hydrogen-bond acceptors (Lipinski definition) is 2. The standard InChI is InChI=1S/C9H15ClN2O2/c1-6-3-9(10)5-12(8(13)14)4-7(9)11(6)2/h6-7H,3-5H2,1-2H3,(H,13,14). The zero-order valence-corrected chi connectivity index (χ0v) is 9.16. The predicted octanol–water partition coefficient (Wildman–Crippen LogP) is 1.05. The molecule has 2 fully saturated rings. The third-order valence-corrected chi connectivity index (χ3v) is 4.06. The van der Waals surface area contributed by atoms with Crippen LogP contribution in [0.25, 0.3) is 0 Å². The molecule has 2 saturated heterocycles. The van der Waals surface area contributed by atoms with Gasteiger partial charge in [-0.05, 0) is 20.4 Å². The number of rotatable bonds is 0. The highest BCUT2D eigenvalue weighted by atomic mass is 35.5. The zero-order valence-electron chi connectivity index (χ0n) is 8.40. The maximum Gasteiger partial charge on any atom is 0.407 e. The van der Waals surface area contributed by atoms with Crippen LogP contribution in [0.3, 0.4) is 0 Å². The van der Waals surface area contributed by atoms with E-state index in [1.807, 2.05) is 7.05 Å². The van der Waals surface area contributed by atoms with E-state index in [9.17, 15) is 4.79 Å². The van der Waals surface area contributed by atoms with Crippen molar-refractivity contribution in [2.45, 2.75) is 30.3 Å². The highest BCUT2D eigenvalue weighted by Crippen LogP contribution is 2.42. The van der Waals surface area contributed by atoms with E-state index in [1.54, 1.807) is 0 Å². The van der Waals surface area contributed by atoms with Crippen LogP contribution in [-0.2, 0) is 0 Å². The van der Waals surface area contributed by atoms with Crippen LogP contribution < -0.4 is 0 Å². The van der Waals surface area contributed by atoms with Gasteiger partial charge in [-0.2, -0.15) is 0 Å². The normalized spacial score (nSPS) is 42.9. The van der Waals surface area contributed by atoms with Gasteiger partial charge in [-0.1, -0.05) is 0 Å². The molecule has 0 spiro atoms. The fourth-order valence-corrected chi connectivity index (χ4v) is 3.23. The second kappa shape index (κ2) is 3.00. The largest absolute Gasteiger partial charge is 0.465 e. The van der Waals surface area contributed by atoms with Crippen molar-refractivity contribution in [3.8, 4) is 0 Å². The molecule has 3 atom stereocenters. The molecule has 14 heavy (non-hydrogen) atoms. The third kappa shape index (κ3) is 1.28. The zero-order chi connectivity index (χ0) is 10.5. The van der Waals surface area contributed by atoms with Crippen LogP contribution in [0, 0.1) is 0 Å². The Morgan fingerprint density at radius 1 is 1.64 bits per heavy atom. The van der Waals surface area contributed by atoms with E-state index in [-0.39, 0.29) is 10.9 Å². The SMILES string of the molecule is CC1CC2(Cl)CN(C(=O)O)CC2N1C. The van der Waals surface area contributed by atoms with Crippen LogP contribution in [0.5, 0.6) is 0 Å². The first kappa shape index (κ1) is 10.1. The van der Waals surface area contributed by atoms with Crippen molar-refractivity contribution in [1.29, 1.82) is 0 Å². The van der Waals surface area contributed by atoms with Gasteiger partial charge in [0.05, 0.1) is 4.87 Å². The molecule has 0 saturated carbocycles. The highest BCUT2D eigenvalue weighted by Gasteiger charge is 2.54. The van der Waals surface area contributed by atoms with E-state index >= 15 is 0 Å². The lowest BCUT2D eigenvalue weighted by atomic mass is 10.0. The van der Waals surface area contributed by atoms with Gasteiger partial charge in [0.2, 0.25) is 0 Å². The average Bonchev–Trinajstić information content (AvgIpc) is 2.49. The quantitative estimate of drug-likeness (QED) is 0.619. The summed E-state index contributed by atoms with van der Waals surface area (Å²) in [6.45, 7) is 3.14. The summed E-state index contributed by atoms with van der Waals surface area (Å²) in [4.78, 5) is 14.1. The molecule has 0 aromatic rings. The molecular weight excluding hydrogens is 204 g/mol. The lowest BCUT2D eigenvalue weighted by Gasteiger charge is -2.23. The van der Waals surface area contributed by atoms with Crippen LogP contribution in [0.2, 0.25) is 0 Å². The lowest BCUT2D eigenvalue weighted by Crippen LogP contribution is -2.39. The average molecular weight is 219 g/mol. The minimum atomic E-state index is -0.861. The molecule has 1 N–H and O–H groups in total. The molecule has 2 aliphatic rings. The number of hydrogen-bond donors (Lipinski definition) is 1. The summed E-state index contributed by atoms with van der Waals surface area (Å²) in [5.41, 5.74) is 0. The summed E-state index contributed by atoms with van der Waals surface area (Å²) < 4.78 is 0. The van der Waals surface area contributed by atoms with Crippen LogP contribution in [-0.4, -0.2) is 58.1 Å². The molecule has 0 aromatic heterocycles. The van der Waals surface area contributed by atoms with E-state index in [2.05, 4.69) is 11.8 Å². The number of likely N-dealkylation sites (N-methyl/N-ethyl adjacent to an activating group) is 1. The summed E-state index contributed by atoms with van der Waals surface area (Å²) in [6, 6.07) is 0.628. The molecule has 2 heterocycles. The fourth-order valence-electron chi connectivity index (χ4n) is 2.64. The Morgan fingerprint density at radius 3 is 2.79 bits per heavy atom. The minimum Gasteiger partial charge on any atom is -0.465 e. The van der Waals surface area contributed by atoms with Crippen molar-refractivity contribution in [2.75, 3.05) is 20.1 Å². The second-order valence-electron chi connectivity index (χ2n) is 4.43. The Bertz CT molecular complexity index is 274. The van der Waals surface area contributed by atoms with Gasteiger partial charge in [0.1, 0.15) is 0 Å². The van der Waals surface area contributed by atoms with Gasteiger partial charge in [0.15, 0.2) is 0 Å². The molecule has 0 aromatic carbocycles. The summed E-state index contributed by atoms with van der Waals surface area (Å²) >= 11 is 6.45. The van der Waals surface area contributed by atoms with Gasteiger partial charge in [-0.3, -0.25) is 4.90 Å². The first-order valence-electron chi connectivity index (χ1n) is 4.83. The Labute approximate surface area is 88.4 Å². The van der Waals surface area contributed by atoms with Crippen molar-refractivity contribution in [2.24, 2.45) is 0 Å². The number of fused-ring (bicyclic) bond motifs is 1. The smallest absolute Gasteiger partial charge is 0.407 e. The molecule has 1 amide bonds. The van der Waals surface area contributed by atoms with E-state index in [0.29, 0.717) is 19.1 Å². The number of nitrogens with zero attached hydrogens (tertiary/aromatic N) is 2. The van der Waals surface area contributed by atoms with Gasteiger partial charge in [0.25, 0.3) is 0 Å². The molecule has 3 unspecified atom stereocenters. The van der Waals surface area contributed by atoms with Gasteiger partial charge in [-0.15, -0.1) is 11.6 Å². The summed E-state index contributed by atoms with van der Waals surface area (Å²) in [5, 5.41) is 8.88. The van der Waals surface area contributed by atoms with Crippen LogP contribution in [0.1, 0.15) is 13.3 Å². The maximum absolute atomic E-state index is 10.8. The van der Waals surface area contributed by atoms with Crippen molar-refractivity contribution in [3.63, 3.8) is 0 Å². The number of alkyl halides is 1. The summed E-state index contributed by atoms with van der Waals surface area (Å²) in [7, 11) is 2.02. The van der Waals surface area contributed by atoms with Gasteiger partial charge in [0, 0.05) is 25.2 Å². The number of carbonyl (C=O) groups is 1. The van der Waals surface area contributed by atoms with Gasteiger partial charge < -0.3 is 10.0 Å². The molecule has 0 radical (unpaired) electrons. The number of likely N-dealkylation sites (tertiary alicyclic amines) is 2. The monoisotopic (exact) mass is 218 g/mol. The summed E-state index contributed by atoms with van der Waals surface area (Å²) in [6.07, 6.45) is 0.0138. The predicted molar refractivity (Wildman–Crippen MR) is 53.8 cm³/mol. The Balaban J connectivity index is 2.17. The molecule has 4 nitrogen and oxygen atoms in total. The van der Waals surface area contributed by atoms with Crippen LogP contribution in [0.4, 0.5) is 4.79 Å². The third-order valence-electron chi connectivity index (χ3n) is 3.54. The second-order valence-corrected chi connectivity index (χ2v) is 5.18. The number of amides is 1. The van der Waals surface area contributed by atoms with Crippen molar-refractivity contribution in [1.82, 2.24) is 9.80 Å². The molecular formula is C9H15ClN2O2. The Kier molecular flexibility index (Phi) is 2.16. The van der Waals surface area contributed by atoms with Crippen molar-refractivity contribution < 1.29 is 9.90 Å². The van der Waals surface area contributed by atoms with Gasteiger partial charge in [-0.25, -0.2) is 4.79 Å². The van der Waals surface area contributed by atoms with E-state index in [0.717, 1.165) is 6.42 Å². The fraction of sp³-hybridized carbons (Fsp3) is 0.889. The van der Waals surface area contributed by atoms with Gasteiger partial charge >= 0.3 is 6.09 Å². The molecule has 0 bridgehead atoms. The molecule has 2 rings (SSSR count). The van der Waals surface area contributed by atoms with E-state index < -0.39 is 6.09 Å². The number of carboxylic acid groups (broad SMARTS) is 1. The molecule has 2 aliphatic heterocycles. The number of halogens is 1. The first-order valence-corrected chi connectivity index (χ1v) is 5.20. The molecule has 80 valence electrons. The lowest BCUT2D eigenvalue weighted by molar-refractivity contribution is 0.146. The van der Waals surface area contributed by atoms with Crippen molar-refractivity contribution >= 4 is 17.7 Å². The summed E-state index contributed by atoms with van der Waals surface area (Å²) in [5.74, 6) is 0. The van der Waals surface area contributed by atoms with Crippen molar-refractivity contribution in [3.05, 3.63) is 0 Å². The van der Waals surface area contributed by atoms with Crippen LogP contribution >= 0.6 is 11.6 Å². The Hall–Kier alpha value is -0.480. The topological polar surface area (TPSA) is 43.8 Å². The molecule has 5 heteroatoms. The van der Waals surface area contributed by atoms with E-state index in [1.165, 1.54) is 4.90 Å². The van der Waals surface area contributed by atoms with Crippen LogP contribution in [0.15, 0.2) is 0 Å². The first-order chi connectivity index (χ1) is 6.44. The maximum atomic E-state index is 10.8. The minimum absolute atomic E-state index is 0.176. The molecule has 0 aliphatic carbocycles.